The quantitative estimate of drug-likeness (QED) is 0.0289. The molecule has 13 atom stereocenters. The molecule has 16 amide bonds. The summed E-state index contributed by atoms with van der Waals surface area (Å²) in [6.45, 7) is 18.1. The van der Waals surface area contributed by atoms with Gasteiger partial charge in [-0.25, -0.2) is 4.79 Å². The normalized spacial score (nSPS) is 19.1. The van der Waals surface area contributed by atoms with E-state index in [0.29, 0.717) is 37.0 Å². The van der Waals surface area contributed by atoms with Crippen molar-refractivity contribution in [3.8, 4) is 0 Å². The van der Waals surface area contributed by atoms with Crippen molar-refractivity contribution in [3.63, 3.8) is 0 Å². The van der Waals surface area contributed by atoms with Crippen LogP contribution in [-0.4, -0.2) is 226 Å². The van der Waals surface area contributed by atoms with E-state index < -0.39 is 242 Å². The number of primary amides is 2. The molecule has 4 fully saturated rings. The summed E-state index contributed by atoms with van der Waals surface area (Å²) in [5.41, 5.74) is 22.1. The smallest absolute Gasteiger partial charge is 0.326 e. The molecule has 4 bridgehead atoms. The van der Waals surface area contributed by atoms with Crippen molar-refractivity contribution in [1.82, 2.24) is 74.4 Å². The lowest BCUT2D eigenvalue weighted by Crippen LogP contribution is -2.60. The predicted octanol–water partition coefficient (Wildman–Crippen LogP) is -2.14. The second-order valence-corrected chi connectivity index (χ2v) is 33.9. The molecule has 40 heteroatoms. The van der Waals surface area contributed by atoms with Gasteiger partial charge in [-0.3, -0.25) is 86.3 Å². The molecule has 4 aliphatic rings. The minimum Gasteiger partial charge on any atom is -0.481 e. The SMILES string of the molecule is CC(C)C[C@H](NC(=O)[C@H](CCC(=O)O)NC(=O)[C@H](CCC(N)=O)NC(=O)[C@H](CCC(=O)O)NC(=O)[C@H](CC(C)C)NC(=O)[C@H](C)NC(=O)[C@H](C)NC(=O)[C@H](CC(C)C)NC(=O)[C@H](CCCCN)NC(=O)[C@H](CCC(N)=O)NC(=O)[C@H](CCCCN)NC(=O)[C@H](CC(C)C)NC(=O)[C@H](C)NC(=O)CCNC(=O)C12CC3CC(CC(C3)C1)C2)C(=O)O. The van der Waals surface area contributed by atoms with Gasteiger partial charge in [0, 0.05) is 44.1 Å². The van der Waals surface area contributed by atoms with Gasteiger partial charge in [-0.15, -0.1) is 0 Å². The fraction of sp³-hybridized carbons (Fsp3) is 0.759. The van der Waals surface area contributed by atoms with E-state index >= 15 is 0 Å². The molecule has 4 aliphatic carbocycles. The molecular weight excluding hydrogens is 1550 g/mol. The molecule has 672 valence electrons. The molecule has 40 nitrogen and oxygen atoms in total. The van der Waals surface area contributed by atoms with Crippen molar-refractivity contribution < 1.29 is 106 Å². The van der Waals surface area contributed by atoms with Gasteiger partial charge in [0.25, 0.3) is 0 Å². The molecular formula is C79H134N18O22. The molecule has 0 unspecified atom stereocenters. The van der Waals surface area contributed by atoms with E-state index in [1.165, 1.54) is 20.8 Å². The summed E-state index contributed by atoms with van der Waals surface area (Å²) in [6, 6.07) is -19.3. The highest BCUT2D eigenvalue weighted by atomic mass is 16.4. The Morgan fingerprint density at radius 2 is 0.563 bits per heavy atom. The first-order valence-electron chi connectivity index (χ1n) is 41.6. The maximum Gasteiger partial charge on any atom is 0.326 e. The van der Waals surface area contributed by atoms with E-state index in [9.17, 15) is 106 Å². The van der Waals surface area contributed by atoms with E-state index in [4.69, 9.17) is 22.9 Å². The largest absolute Gasteiger partial charge is 0.481 e. The molecule has 0 heterocycles. The van der Waals surface area contributed by atoms with Gasteiger partial charge in [0.05, 0.1) is 0 Å². The Hall–Kier alpha value is -10.2. The standard InChI is InChI=1S/C79H134N18O22/c1-40(2)30-56(74(114)87-45(10)65(105)86-46(11)67(107)95-58(32-42(5)6)76(116)93-54(20-24-63(101)102)72(112)91-53(19-23-61(83)99)71(111)92-55(21-25-64(103)104)73(113)97-59(77(117)118)33-43(7)8)96-69(109)51(17-13-15-28-81)88-70(110)52(18-22-60(82)98)90-68(108)50(16-12-14-27-80)89-75(115)57(31-41(3)4)94-66(106)44(9)85-62(100)26-29-84-78(119)79-37-47-34-48(38-79)36-49(35-47)39-79/h40-59H,12-39,80-81H2,1-11H3,(H2,82,98)(H2,83,99)(H,84,119)(H,85,100)(H,86,105)(H,87,114)(H,88,110)(H,89,115)(H,90,108)(H,91,112)(H,92,111)(H,93,116)(H,94,106)(H,95,107)(H,96,109)(H,97,113)(H,101,102)(H,103,104)(H,117,118)/t44-,45-,46-,47?,48?,49?,50-,51-,52-,53-,54-,55-,56-,57-,58-,59-,79?/m0/s1. The molecule has 4 saturated carbocycles. The lowest BCUT2D eigenvalue weighted by molar-refractivity contribution is -0.146. The number of carbonyl (C=O) groups is 19. The van der Waals surface area contributed by atoms with Crippen LogP contribution in [0.1, 0.15) is 237 Å². The van der Waals surface area contributed by atoms with E-state index in [-0.39, 0.29) is 101 Å². The first-order chi connectivity index (χ1) is 55.8. The molecule has 25 N–H and O–H groups in total. The number of aliphatic carboxylic acids is 3. The number of hydrogen-bond acceptors (Lipinski definition) is 21. The van der Waals surface area contributed by atoms with Gasteiger partial charge in [-0.05, 0) is 204 Å². The predicted molar refractivity (Wildman–Crippen MR) is 432 cm³/mol. The minimum atomic E-state index is -1.79. The number of nitrogens with two attached hydrogens (primary N) is 4. The van der Waals surface area contributed by atoms with Crippen LogP contribution in [0.15, 0.2) is 0 Å². The molecule has 0 aliphatic heterocycles. The summed E-state index contributed by atoms with van der Waals surface area (Å²) in [4.78, 5) is 255. The van der Waals surface area contributed by atoms with Crippen molar-refractivity contribution in [3.05, 3.63) is 0 Å². The summed E-state index contributed by atoms with van der Waals surface area (Å²) < 4.78 is 0. The fourth-order valence-corrected chi connectivity index (χ4v) is 15.3. The van der Waals surface area contributed by atoms with Gasteiger partial charge in [-0.2, -0.15) is 0 Å². The van der Waals surface area contributed by atoms with Crippen LogP contribution in [0.5, 0.6) is 0 Å². The van der Waals surface area contributed by atoms with E-state index in [1.807, 2.05) is 0 Å². The van der Waals surface area contributed by atoms with Gasteiger partial charge in [-0.1, -0.05) is 55.4 Å². The molecule has 119 heavy (non-hydrogen) atoms. The van der Waals surface area contributed by atoms with Gasteiger partial charge in [0.1, 0.15) is 78.5 Å². The third kappa shape index (κ3) is 37.8. The van der Waals surface area contributed by atoms with Gasteiger partial charge >= 0.3 is 17.9 Å². The van der Waals surface area contributed by atoms with E-state index in [0.717, 1.165) is 38.5 Å². The summed E-state index contributed by atoms with van der Waals surface area (Å²) in [5, 5.41) is 64.4. The second kappa shape index (κ2) is 51.4. The van der Waals surface area contributed by atoms with Crippen molar-refractivity contribution in [1.29, 1.82) is 0 Å². The maximum atomic E-state index is 14.5. The number of hydrogen-bond donors (Lipinski definition) is 21. The first-order valence-corrected chi connectivity index (χ1v) is 41.6. The van der Waals surface area contributed by atoms with E-state index in [1.54, 1.807) is 55.4 Å². The summed E-state index contributed by atoms with van der Waals surface area (Å²) in [5.74, 6) is -17.7. The van der Waals surface area contributed by atoms with Gasteiger partial charge < -0.3 is 113 Å². The van der Waals surface area contributed by atoms with Crippen LogP contribution in [0.3, 0.4) is 0 Å². The van der Waals surface area contributed by atoms with Crippen LogP contribution >= 0.6 is 0 Å². The maximum absolute atomic E-state index is 14.5. The van der Waals surface area contributed by atoms with Crippen molar-refractivity contribution >= 4 is 112 Å². The molecule has 0 spiro atoms. The molecule has 0 aromatic carbocycles. The fourth-order valence-electron chi connectivity index (χ4n) is 15.3. The van der Waals surface area contributed by atoms with Crippen LogP contribution in [0.4, 0.5) is 0 Å². The number of carboxylic acid groups (broad SMARTS) is 3. The Morgan fingerprint density at radius 3 is 0.866 bits per heavy atom. The zero-order chi connectivity index (χ0) is 89.7. The van der Waals surface area contributed by atoms with Crippen molar-refractivity contribution in [2.45, 2.75) is 315 Å². The number of unbranched alkanes of at least 4 members (excludes halogenated alkanes) is 2. The second-order valence-electron chi connectivity index (χ2n) is 33.9. The summed E-state index contributed by atoms with van der Waals surface area (Å²) in [7, 11) is 0. The highest BCUT2D eigenvalue weighted by Crippen LogP contribution is 2.60. The Balaban J connectivity index is 1.78. The number of rotatable bonds is 58. The zero-order valence-electron chi connectivity index (χ0n) is 70.8. The number of amides is 16. The average molecular weight is 1690 g/mol. The Bertz CT molecular complexity index is 3490. The molecule has 0 aromatic heterocycles. The summed E-state index contributed by atoms with van der Waals surface area (Å²) in [6.07, 6.45) is 2.39. The van der Waals surface area contributed by atoms with Gasteiger partial charge in [0.15, 0.2) is 0 Å². The Labute approximate surface area is 695 Å². The van der Waals surface area contributed by atoms with Crippen molar-refractivity contribution in [2.24, 2.45) is 69.8 Å². The molecule has 0 radical (unpaired) electrons. The third-order valence-corrected chi connectivity index (χ3v) is 21.1. The lowest BCUT2D eigenvalue weighted by atomic mass is 9.49. The highest BCUT2D eigenvalue weighted by Gasteiger charge is 2.55. The van der Waals surface area contributed by atoms with Crippen molar-refractivity contribution in [2.75, 3.05) is 19.6 Å². The number of carboxylic acids is 3. The minimum absolute atomic E-state index is 0.0213. The zero-order valence-corrected chi connectivity index (χ0v) is 70.8. The van der Waals surface area contributed by atoms with Crippen LogP contribution in [0.25, 0.3) is 0 Å². The van der Waals surface area contributed by atoms with Crippen LogP contribution < -0.4 is 97.4 Å². The highest BCUT2D eigenvalue weighted by molar-refractivity contribution is 6.00. The Kier molecular flexibility index (Phi) is 44.5. The topological polar surface area (TPSA) is 658 Å². The number of carbonyl (C=O) groups excluding carboxylic acids is 16. The lowest BCUT2D eigenvalue weighted by Gasteiger charge is -2.55. The van der Waals surface area contributed by atoms with Gasteiger partial charge in [0.2, 0.25) is 94.5 Å². The first kappa shape index (κ1) is 103. The number of nitrogens with one attached hydrogen (secondary N) is 14. The average Bonchev–Trinajstić information content (AvgIpc) is 0.741. The van der Waals surface area contributed by atoms with E-state index in [2.05, 4.69) is 74.4 Å². The van der Waals surface area contributed by atoms with Crippen LogP contribution in [0, 0.1) is 46.8 Å². The monoisotopic (exact) mass is 1690 g/mol. The molecule has 0 saturated heterocycles. The van der Waals surface area contributed by atoms with Crippen LogP contribution in [0.2, 0.25) is 0 Å². The molecule has 4 rings (SSSR count). The Morgan fingerprint density at radius 1 is 0.311 bits per heavy atom. The van der Waals surface area contributed by atoms with Crippen LogP contribution in [-0.2, 0) is 91.1 Å². The third-order valence-electron chi connectivity index (χ3n) is 21.1. The molecule has 0 aromatic rings. The summed E-state index contributed by atoms with van der Waals surface area (Å²) >= 11 is 0.